The Kier molecular flexibility index (Phi) is 12.8. The van der Waals surface area contributed by atoms with Crippen LogP contribution in [0.5, 0.6) is 0 Å². The SMILES string of the molecule is [CH2]CCCCC(=O)NCC(=O)Nc1ccccc1CCC(=O)NS(=O)(=O)c1ccc(CNC(=O)OC(C)(C)C)cc1. The summed E-state index contributed by atoms with van der Waals surface area (Å²) in [4.78, 5) is 48.3. The van der Waals surface area contributed by atoms with Crippen LogP contribution >= 0.6 is 0 Å². The van der Waals surface area contributed by atoms with Gasteiger partial charge in [-0.15, -0.1) is 0 Å². The van der Waals surface area contributed by atoms with Crippen molar-refractivity contribution in [1.82, 2.24) is 15.4 Å². The van der Waals surface area contributed by atoms with E-state index >= 15 is 0 Å². The average molecular weight is 588 g/mol. The molecule has 0 saturated heterocycles. The van der Waals surface area contributed by atoms with Gasteiger partial charge in [0.1, 0.15) is 5.60 Å². The molecule has 0 unspecified atom stereocenters. The standard InChI is InChI=1S/C29H39N4O7S/c1-5-6-7-12-25(34)30-20-27(36)32-24-11-9-8-10-22(24)15-18-26(35)33-41(38,39)23-16-13-21(14-17-23)19-31-28(37)40-29(2,3)4/h8-11,13-14,16-17H,1,5-7,12,15,18-20H2,2-4H3,(H,30,34)(H,31,37)(H,32,36)(H,33,35). The summed E-state index contributed by atoms with van der Waals surface area (Å²) in [6, 6.07) is 12.6. The first-order chi connectivity index (χ1) is 19.3. The van der Waals surface area contributed by atoms with E-state index in [1.807, 2.05) is 0 Å². The summed E-state index contributed by atoms with van der Waals surface area (Å²) >= 11 is 0. The monoisotopic (exact) mass is 587 g/mol. The highest BCUT2D eigenvalue weighted by Crippen LogP contribution is 2.17. The highest BCUT2D eigenvalue weighted by molar-refractivity contribution is 7.90. The van der Waals surface area contributed by atoms with Gasteiger partial charge < -0.3 is 20.7 Å². The number of anilines is 1. The number of sulfonamides is 1. The van der Waals surface area contributed by atoms with Crippen molar-refractivity contribution in [2.75, 3.05) is 11.9 Å². The molecule has 11 nitrogen and oxygen atoms in total. The normalized spacial score (nSPS) is 11.3. The van der Waals surface area contributed by atoms with Crippen LogP contribution < -0.4 is 20.7 Å². The average Bonchev–Trinajstić information content (AvgIpc) is 2.89. The topological polar surface area (TPSA) is 160 Å². The lowest BCUT2D eigenvalue weighted by Gasteiger charge is -2.19. The summed E-state index contributed by atoms with van der Waals surface area (Å²) in [5, 5.41) is 7.88. The van der Waals surface area contributed by atoms with Crippen LogP contribution in [0.25, 0.3) is 0 Å². The van der Waals surface area contributed by atoms with Gasteiger partial charge in [-0.25, -0.2) is 17.9 Å². The molecule has 4 N–H and O–H groups in total. The Balaban J connectivity index is 1.87. The molecule has 0 aliphatic heterocycles. The second-order valence-corrected chi connectivity index (χ2v) is 12.0. The minimum atomic E-state index is -4.11. The Labute approximate surface area is 241 Å². The van der Waals surface area contributed by atoms with Crippen molar-refractivity contribution in [3.63, 3.8) is 0 Å². The Morgan fingerprint density at radius 1 is 0.854 bits per heavy atom. The molecule has 0 atom stereocenters. The van der Waals surface area contributed by atoms with E-state index < -0.39 is 33.5 Å². The quantitative estimate of drug-likeness (QED) is 0.246. The van der Waals surface area contributed by atoms with Gasteiger partial charge in [0.2, 0.25) is 17.7 Å². The van der Waals surface area contributed by atoms with E-state index in [9.17, 15) is 27.6 Å². The van der Waals surface area contributed by atoms with Crippen LogP contribution in [0.2, 0.25) is 0 Å². The number of nitrogens with one attached hydrogen (secondary N) is 4. The van der Waals surface area contributed by atoms with E-state index in [1.54, 1.807) is 45.0 Å². The van der Waals surface area contributed by atoms with Gasteiger partial charge in [-0.1, -0.05) is 50.1 Å². The summed E-state index contributed by atoms with van der Waals surface area (Å²) in [6.45, 7) is 8.91. The van der Waals surface area contributed by atoms with Gasteiger partial charge in [0.15, 0.2) is 0 Å². The smallest absolute Gasteiger partial charge is 0.407 e. The van der Waals surface area contributed by atoms with E-state index in [4.69, 9.17) is 4.74 Å². The molecule has 0 heterocycles. The molecule has 0 fully saturated rings. The number of hydrogen-bond acceptors (Lipinski definition) is 7. The van der Waals surface area contributed by atoms with Gasteiger partial charge in [0.25, 0.3) is 10.0 Å². The largest absolute Gasteiger partial charge is 0.444 e. The minimum Gasteiger partial charge on any atom is -0.444 e. The molecule has 0 spiro atoms. The first-order valence-electron chi connectivity index (χ1n) is 13.3. The predicted molar refractivity (Wildman–Crippen MR) is 155 cm³/mol. The van der Waals surface area contributed by atoms with Crippen molar-refractivity contribution in [3.8, 4) is 0 Å². The number of alkyl carbamates (subject to hydrolysis) is 1. The van der Waals surface area contributed by atoms with Crippen molar-refractivity contribution in [2.45, 2.75) is 76.3 Å². The molecular formula is C29H39N4O7S. The summed E-state index contributed by atoms with van der Waals surface area (Å²) in [5.41, 5.74) is 1.11. The highest BCUT2D eigenvalue weighted by Gasteiger charge is 2.19. The number of aryl methyl sites for hydroxylation is 1. The number of benzene rings is 2. The number of rotatable bonds is 14. The Bertz CT molecular complexity index is 1300. The number of ether oxygens (including phenoxy) is 1. The van der Waals surface area contributed by atoms with Crippen LogP contribution in [-0.4, -0.2) is 44.4 Å². The summed E-state index contributed by atoms with van der Waals surface area (Å²) in [5.74, 6) is -1.34. The number of carbonyl (C=O) groups is 4. The number of unbranched alkanes of at least 4 members (excludes halogenated alkanes) is 2. The van der Waals surface area contributed by atoms with E-state index in [1.165, 1.54) is 24.3 Å². The molecule has 4 amide bonds. The molecule has 0 saturated carbocycles. The van der Waals surface area contributed by atoms with Crippen molar-refractivity contribution in [2.24, 2.45) is 0 Å². The van der Waals surface area contributed by atoms with Crippen molar-refractivity contribution in [1.29, 1.82) is 0 Å². The first-order valence-corrected chi connectivity index (χ1v) is 14.8. The van der Waals surface area contributed by atoms with Gasteiger partial charge >= 0.3 is 6.09 Å². The zero-order valence-electron chi connectivity index (χ0n) is 23.7. The van der Waals surface area contributed by atoms with Crippen LogP contribution in [0.15, 0.2) is 53.4 Å². The summed E-state index contributed by atoms with van der Waals surface area (Å²) in [7, 11) is -4.11. The van der Waals surface area contributed by atoms with E-state index in [0.717, 1.165) is 12.8 Å². The first kappa shape index (κ1) is 33.3. The predicted octanol–water partition coefficient (Wildman–Crippen LogP) is 3.60. The van der Waals surface area contributed by atoms with Gasteiger partial charge in [0.05, 0.1) is 11.4 Å². The Hall–Kier alpha value is -3.93. The maximum absolute atomic E-state index is 12.7. The lowest BCUT2D eigenvalue weighted by molar-refractivity contribution is -0.124. The fraction of sp³-hybridized carbons (Fsp3) is 0.414. The summed E-state index contributed by atoms with van der Waals surface area (Å²) in [6.07, 6.45) is 2.05. The van der Waals surface area contributed by atoms with Gasteiger partial charge in [-0.2, -0.15) is 0 Å². The second kappa shape index (κ2) is 15.8. The molecule has 223 valence electrons. The molecule has 0 aliphatic rings. The van der Waals surface area contributed by atoms with Crippen molar-refractivity contribution >= 4 is 39.5 Å². The molecule has 0 bridgehead atoms. The van der Waals surface area contributed by atoms with Gasteiger partial charge in [-0.05, 0) is 62.9 Å². The van der Waals surface area contributed by atoms with Crippen LogP contribution in [0, 0.1) is 6.92 Å². The maximum Gasteiger partial charge on any atom is 0.407 e. The Morgan fingerprint density at radius 2 is 1.54 bits per heavy atom. The van der Waals surface area contributed by atoms with Crippen LogP contribution in [0.4, 0.5) is 10.5 Å². The van der Waals surface area contributed by atoms with Crippen molar-refractivity contribution in [3.05, 3.63) is 66.6 Å². The lowest BCUT2D eigenvalue weighted by atomic mass is 10.1. The molecule has 12 heteroatoms. The van der Waals surface area contributed by atoms with E-state index in [2.05, 4.69) is 27.6 Å². The molecule has 0 aromatic heterocycles. The number of para-hydroxylation sites is 1. The third-order valence-electron chi connectivity index (χ3n) is 5.58. The summed E-state index contributed by atoms with van der Waals surface area (Å²) < 4.78 is 32.6. The molecular weight excluding hydrogens is 548 g/mol. The fourth-order valence-electron chi connectivity index (χ4n) is 3.57. The highest BCUT2D eigenvalue weighted by atomic mass is 32.2. The van der Waals surface area contributed by atoms with Crippen LogP contribution in [0.1, 0.15) is 64.0 Å². The number of hydrogen-bond donors (Lipinski definition) is 4. The van der Waals surface area contributed by atoms with Crippen LogP contribution in [0.3, 0.4) is 0 Å². The number of carbonyl (C=O) groups excluding carboxylic acids is 4. The Morgan fingerprint density at radius 3 is 2.20 bits per heavy atom. The zero-order chi connectivity index (χ0) is 30.5. The fourth-order valence-corrected chi connectivity index (χ4v) is 4.58. The van der Waals surface area contributed by atoms with E-state index in [0.29, 0.717) is 29.7 Å². The molecule has 2 aromatic carbocycles. The second-order valence-electron chi connectivity index (χ2n) is 10.3. The molecule has 2 aromatic rings. The number of amides is 4. The van der Waals surface area contributed by atoms with Crippen LogP contribution in [-0.2, 0) is 42.1 Å². The van der Waals surface area contributed by atoms with Crippen molar-refractivity contribution < 1.29 is 32.3 Å². The minimum absolute atomic E-state index is 0.104. The maximum atomic E-state index is 12.7. The zero-order valence-corrected chi connectivity index (χ0v) is 24.6. The molecule has 1 radical (unpaired) electrons. The van der Waals surface area contributed by atoms with Gasteiger partial charge in [0, 0.05) is 25.1 Å². The van der Waals surface area contributed by atoms with Gasteiger partial charge in [-0.3, -0.25) is 14.4 Å². The third kappa shape index (κ3) is 12.9. The molecule has 0 aliphatic carbocycles. The molecule has 41 heavy (non-hydrogen) atoms. The lowest BCUT2D eigenvalue weighted by Crippen LogP contribution is -2.33. The van der Waals surface area contributed by atoms with E-state index in [-0.39, 0.29) is 36.7 Å². The third-order valence-corrected chi connectivity index (χ3v) is 6.97. The molecule has 2 rings (SSSR count).